The summed E-state index contributed by atoms with van der Waals surface area (Å²) in [5.41, 5.74) is 0. The first-order chi connectivity index (χ1) is 6.30. The van der Waals surface area contributed by atoms with Crippen LogP contribution in [0.3, 0.4) is 0 Å². The Morgan fingerprint density at radius 3 is 1.43 bits per heavy atom. The van der Waals surface area contributed by atoms with Crippen LogP contribution in [0.1, 0.15) is 64.7 Å². The number of rotatable bonds is 1. The molecule has 0 bridgehead atoms. The van der Waals surface area contributed by atoms with Crippen LogP contribution in [0.4, 0.5) is 0 Å². The minimum absolute atomic E-state index is 0. The zero-order valence-corrected chi connectivity index (χ0v) is 10.4. The Morgan fingerprint density at radius 2 is 1.21 bits per heavy atom. The van der Waals surface area contributed by atoms with Gasteiger partial charge in [-0.05, 0) is 25.7 Å². The normalized spacial score (nSPS) is 23.6. The Balaban J connectivity index is 0.000000246. The van der Waals surface area contributed by atoms with Crippen LogP contribution in [0.25, 0.3) is 0 Å². The smallest absolute Gasteiger partial charge is 0.0540 e. The first-order valence-corrected chi connectivity index (χ1v) is 5.99. The van der Waals surface area contributed by atoms with Crippen molar-refractivity contribution in [2.24, 2.45) is 5.92 Å². The third kappa shape index (κ3) is 6.06. The number of aliphatic hydroxyl groups is 1. The summed E-state index contributed by atoms with van der Waals surface area (Å²) >= 11 is 0. The molecule has 1 atom stereocenters. The summed E-state index contributed by atoms with van der Waals surface area (Å²) in [6.07, 6.45) is 12.6. The van der Waals surface area contributed by atoms with Crippen LogP contribution in [0.2, 0.25) is 0 Å². The molecule has 2 aliphatic carbocycles. The van der Waals surface area contributed by atoms with E-state index in [4.69, 9.17) is 5.11 Å². The van der Waals surface area contributed by atoms with Crippen LogP contribution in [0.5, 0.6) is 0 Å². The molecular weight excluding hydrogens is 216 g/mol. The van der Waals surface area contributed by atoms with Crippen LogP contribution in [0.15, 0.2) is 0 Å². The number of hydrogen-bond donors (Lipinski definition) is 1. The topological polar surface area (TPSA) is 20.2 Å². The molecule has 2 heteroatoms. The fourth-order valence-corrected chi connectivity index (χ4v) is 2.32. The molecule has 14 heavy (non-hydrogen) atoms. The Hall–Kier alpha value is 0.479. The molecule has 0 aliphatic heterocycles. The van der Waals surface area contributed by atoms with Crippen molar-refractivity contribution in [3.8, 4) is 0 Å². The molecule has 0 radical (unpaired) electrons. The molecule has 1 nitrogen and oxygen atoms in total. The maximum atomic E-state index is 9.05. The summed E-state index contributed by atoms with van der Waals surface area (Å²) in [7, 11) is 0. The Kier molecular flexibility index (Phi) is 9.06. The molecule has 0 amide bonds. The fourth-order valence-electron chi connectivity index (χ4n) is 2.32. The average Bonchev–Trinajstić information content (AvgIpc) is 2.82. The van der Waals surface area contributed by atoms with Crippen molar-refractivity contribution in [1.82, 2.24) is 0 Å². The van der Waals surface area contributed by atoms with Crippen molar-refractivity contribution in [3.05, 3.63) is 0 Å². The van der Waals surface area contributed by atoms with Gasteiger partial charge in [0, 0.05) is 17.1 Å². The van der Waals surface area contributed by atoms with Gasteiger partial charge < -0.3 is 5.11 Å². The van der Waals surface area contributed by atoms with Crippen molar-refractivity contribution in [2.45, 2.75) is 70.8 Å². The van der Waals surface area contributed by atoms with Crippen molar-refractivity contribution in [2.75, 3.05) is 0 Å². The van der Waals surface area contributed by atoms with E-state index in [1.807, 2.05) is 6.92 Å². The summed E-state index contributed by atoms with van der Waals surface area (Å²) in [6.45, 7) is 1.90. The predicted octanol–water partition coefficient (Wildman–Crippen LogP) is 3.51. The van der Waals surface area contributed by atoms with Crippen LogP contribution in [0, 0.1) is 5.92 Å². The quantitative estimate of drug-likeness (QED) is 0.695. The summed E-state index contributed by atoms with van der Waals surface area (Å²) in [5, 5.41) is 9.05. The largest absolute Gasteiger partial charge is 0.393 e. The van der Waals surface area contributed by atoms with Crippen molar-refractivity contribution < 1.29 is 22.2 Å². The summed E-state index contributed by atoms with van der Waals surface area (Å²) in [6, 6.07) is 0. The molecule has 0 heterocycles. The molecule has 0 aromatic heterocycles. The van der Waals surface area contributed by atoms with E-state index in [-0.39, 0.29) is 23.2 Å². The Morgan fingerprint density at radius 1 is 0.857 bits per heavy atom. The molecule has 2 aliphatic rings. The summed E-state index contributed by atoms with van der Waals surface area (Å²) in [4.78, 5) is 0. The maximum absolute atomic E-state index is 9.05. The van der Waals surface area contributed by atoms with Crippen LogP contribution < -0.4 is 0 Å². The van der Waals surface area contributed by atoms with Crippen molar-refractivity contribution >= 4 is 0 Å². The third-order valence-corrected chi connectivity index (χ3v) is 3.33. The maximum Gasteiger partial charge on any atom is 0.0540 e. The van der Waals surface area contributed by atoms with Gasteiger partial charge in [-0.15, -0.1) is 0 Å². The standard InChI is InChI=1S/C7H14O.C5H10.Fe/c1-6(8)7-4-2-3-5-7;1-2-4-5-3-1;/h6-8H,2-5H2,1H3;1-5H2;/t6-;;/m0../s1. The summed E-state index contributed by atoms with van der Waals surface area (Å²) < 4.78 is 0. The molecule has 2 saturated carbocycles. The second kappa shape index (κ2) is 8.76. The molecule has 0 spiro atoms. The van der Waals surface area contributed by atoms with Gasteiger partial charge in [0.1, 0.15) is 0 Å². The van der Waals surface area contributed by atoms with E-state index in [2.05, 4.69) is 0 Å². The molecule has 0 aromatic carbocycles. The fraction of sp³-hybridized carbons (Fsp3) is 1.00. The zero-order chi connectivity index (χ0) is 9.52. The Bertz CT molecular complexity index is 108. The van der Waals surface area contributed by atoms with Crippen molar-refractivity contribution in [3.63, 3.8) is 0 Å². The van der Waals surface area contributed by atoms with Crippen LogP contribution >= 0.6 is 0 Å². The molecule has 86 valence electrons. The molecule has 0 saturated heterocycles. The van der Waals surface area contributed by atoms with Gasteiger partial charge in [0.05, 0.1) is 6.10 Å². The third-order valence-electron chi connectivity index (χ3n) is 3.33. The monoisotopic (exact) mass is 240 g/mol. The second-order valence-corrected chi connectivity index (χ2v) is 4.55. The van der Waals surface area contributed by atoms with Gasteiger partial charge >= 0.3 is 0 Å². The molecule has 0 unspecified atom stereocenters. The van der Waals surface area contributed by atoms with Gasteiger partial charge in [-0.2, -0.15) is 0 Å². The van der Waals surface area contributed by atoms with E-state index < -0.39 is 0 Å². The predicted molar refractivity (Wildman–Crippen MR) is 56.7 cm³/mol. The first kappa shape index (κ1) is 14.5. The SMILES string of the molecule is C1CCCC1.C[C@H](O)C1CCCC1.[Fe]. The second-order valence-electron chi connectivity index (χ2n) is 4.55. The minimum atomic E-state index is -0.0579. The number of aliphatic hydroxyl groups excluding tert-OH is 1. The van der Waals surface area contributed by atoms with E-state index in [1.165, 1.54) is 57.8 Å². The summed E-state index contributed by atoms with van der Waals surface area (Å²) in [5.74, 6) is 0.620. The van der Waals surface area contributed by atoms with Gasteiger partial charge in [0.25, 0.3) is 0 Å². The number of hydrogen-bond acceptors (Lipinski definition) is 1. The van der Waals surface area contributed by atoms with Gasteiger partial charge in [0.2, 0.25) is 0 Å². The van der Waals surface area contributed by atoms with E-state index in [0.29, 0.717) is 5.92 Å². The molecule has 1 N–H and O–H groups in total. The van der Waals surface area contributed by atoms with Gasteiger partial charge in [-0.1, -0.05) is 44.9 Å². The molecule has 0 aromatic rings. The van der Waals surface area contributed by atoms with Gasteiger partial charge in [0.15, 0.2) is 0 Å². The van der Waals surface area contributed by atoms with E-state index in [9.17, 15) is 0 Å². The van der Waals surface area contributed by atoms with Gasteiger partial charge in [-0.3, -0.25) is 0 Å². The zero-order valence-electron chi connectivity index (χ0n) is 9.32. The van der Waals surface area contributed by atoms with Crippen molar-refractivity contribution in [1.29, 1.82) is 0 Å². The van der Waals surface area contributed by atoms with E-state index in [0.717, 1.165) is 0 Å². The van der Waals surface area contributed by atoms with E-state index >= 15 is 0 Å². The molecular formula is C12H24FeO. The van der Waals surface area contributed by atoms with Crippen LogP contribution in [-0.2, 0) is 17.1 Å². The molecule has 2 rings (SSSR count). The Labute approximate surface area is 99.1 Å². The average molecular weight is 240 g/mol. The molecule has 2 fully saturated rings. The minimum Gasteiger partial charge on any atom is -0.393 e. The van der Waals surface area contributed by atoms with Gasteiger partial charge in [-0.25, -0.2) is 0 Å². The van der Waals surface area contributed by atoms with E-state index in [1.54, 1.807) is 0 Å². The van der Waals surface area contributed by atoms with Crippen LogP contribution in [-0.4, -0.2) is 11.2 Å². The first-order valence-electron chi connectivity index (χ1n) is 5.99.